The number of benzene rings is 1. The second-order valence-electron chi connectivity index (χ2n) is 3.46. The molecule has 1 aromatic heterocycles. The molecule has 1 heterocycles. The van der Waals surface area contributed by atoms with Crippen LogP contribution in [0.5, 0.6) is 0 Å². The summed E-state index contributed by atoms with van der Waals surface area (Å²) in [6, 6.07) is 8.94. The van der Waals surface area contributed by atoms with Crippen LogP contribution < -0.4 is 0 Å². The first-order valence-electron chi connectivity index (χ1n) is 5.04. The minimum Gasteiger partial charge on any atom is -0.306 e. The van der Waals surface area contributed by atoms with E-state index in [2.05, 4.69) is 4.98 Å². The number of nitriles is 2. The van der Waals surface area contributed by atoms with E-state index in [9.17, 15) is 0 Å². The number of halogens is 1. The molecule has 0 amide bonds. The van der Waals surface area contributed by atoms with Gasteiger partial charge in [0.2, 0.25) is 0 Å². The van der Waals surface area contributed by atoms with Crippen molar-refractivity contribution in [3.05, 3.63) is 53.1 Å². The Hall–Kier alpha value is -2.56. The first-order valence-corrected chi connectivity index (χ1v) is 5.42. The van der Waals surface area contributed by atoms with Crippen molar-refractivity contribution in [3.8, 4) is 17.8 Å². The van der Waals surface area contributed by atoms with E-state index in [0.29, 0.717) is 10.6 Å². The monoisotopic (exact) mass is 254 g/mol. The molecule has 1 aromatic carbocycles. The highest BCUT2D eigenvalue weighted by molar-refractivity contribution is 6.32. The van der Waals surface area contributed by atoms with Crippen LogP contribution in [0, 0.1) is 22.7 Å². The van der Waals surface area contributed by atoms with Gasteiger partial charge in [0.15, 0.2) is 0 Å². The highest BCUT2D eigenvalue weighted by atomic mass is 35.5. The average molecular weight is 255 g/mol. The number of rotatable bonds is 2. The summed E-state index contributed by atoms with van der Waals surface area (Å²) in [4.78, 5) is 3.95. The molecule has 2 aromatic rings. The number of hydrogen-bond donors (Lipinski definition) is 0. The molecule has 0 fully saturated rings. The quantitative estimate of drug-likeness (QED) is 0.774. The van der Waals surface area contributed by atoms with Crippen molar-refractivity contribution >= 4 is 17.7 Å². The molecule has 0 bridgehead atoms. The molecule has 0 unspecified atom stereocenters. The maximum atomic E-state index is 8.69. The van der Waals surface area contributed by atoms with Crippen LogP contribution in [0.3, 0.4) is 0 Å². The summed E-state index contributed by atoms with van der Waals surface area (Å²) in [6.07, 6.45) is 6.60. The SMILES string of the molecule is N#CC(C#N)=Cc1ccc(-n2ccnc2)cc1Cl. The maximum absolute atomic E-state index is 8.69. The molecule has 18 heavy (non-hydrogen) atoms. The van der Waals surface area contributed by atoms with Crippen LogP contribution >= 0.6 is 11.6 Å². The first-order chi connectivity index (χ1) is 8.74. The lowest BCUT2D eigenvalue weighted by molar-refractivity contribution is 1.06. The van der Waals surface area contributed by atoms with Crippen molar-refractivity contribution in [1.82, 2.24) is 9.55 Å². The number of allylic oxidation sites excluding steroid dienone is 1. The number of nitrogens with zero attached hydrogens (tertiary/aromatic N) is 4. The predicted molar refractivity (Wildman–Crippen MR) is 67.8 cm³/mol. The summed E-state index contributed by atoms with van der Waals surface area (Å²) in [6.45, 7) is 0. The van der Waals surface area contributed by atoms with Crippen LogP contribution in [0.15, 0.2) is 42.5 Å². The minimum atomic E-state index is 0.0206. The second kappa shape index (κ2) is 5.18. The lowest BCUT2D eigenvalue weighted by atomic mass is 10.1. The zero-order valence-corrected chi connectivity index (χ0v) is 9.96. The minimum absolute atomic E-state index is 0.0206. The van der Waals surface area contributed by atoms with Crippen molar-refractivity contribution in [2.45, 2.75) is 0 Å². The van der Waals surface area contributed by atoms with Crippen LogP contribution in [-0.4, -0.2) is 9.55 Å². The van der Waals surface area contributed by atoms with Gasteiger partial charge in [-0.25, -0.2) is 4.98 Å². The Kier molecular flexibility index (Phi) is 3.43. The van der Waals surface area contributed by atoms with Gasteiger partial charge in [-0.05, 0) is 23.8 Å². The van der Waals surface area contributed by atoms with Crippen molar-refractivity contribution in [2.24, 2.45) is 0 Å². The summed E-state index contributed by atoms with van der Waals surface area (Å²) in [7, 11) is 0. The van der Waals surface area contributed by atoms with Gasteiger partial charge in [-0.3, -0.25) is 0 Å². The lowest BCUT2D eigenvalue weighted by Gasteiger charge is -2.04. The van der Waals surface area contributed by atoms with Crippen LogP contribution in [0.1, 0.15) is 5.56 Å². The molecular weight excluding hydrogens is 248 g/mol. The Morgan fingerprint density at radius 2 is 2.11 bits per heavy atom. The van der Waals surface area contributed by atoms with Crippen molar-refractivity contribution in [2.75, 3.05) is 0 Å². The van der Waals surface area contributed by atoms with E-state index in [1.54, 1.807) is 43.0 Å². The van der Waals surface area contributed by atoms with Crippen molar-refractivity contribution < 1.29 is 0 Å². The van der Waals surface area contributed by atoms with E-state index in [1.165, 1.54) is 6.08 Å². The average Bonchev–Trinajstić information content (AvgIpc) is 2.91. The number of hydrogen-bond acceptors (Lipinski definition) is 3. The van der Waals surface area contributed by atoms with Crippen LogP contribution in [0.25, 0.3) is 11.8 Å². The molecule has 0 aliphatic rings. The van der Waals surface area contributed by atoms with E-state index in [4.69, 9.17) is 22.1 Å². The van der Waals surface area contributed by atoms with Crippen molar-refractivity contribution in [1.29, 1.82) is 10.5 Å². The normalized spacial score (nSPS) is 9.28. The van der Waals surface area contributed by atoms with Gasteiger partial charge in [-0.15, -0.1) is 0 Å². The molecule has 0 atom stereocenters. The Bertz CT molecular complexity index is 656. The van der Waals surface area contributed by atoms with Gasteiger partial charge in [-0.1, -0.05) is 17.7 Å². The molecule has 5 heteroatoms. The standard InChI is InChI=1S/C13H7ClN4/c14-13-6-12(18-4-3-17-9-18)2-1-11(13)5-10(7-15)8-16/h1-6,9H. The van der Waals surface area contributed by atoms with Gasteiger partial charge in [-0.2, -0.15) is 10.5 Å². The third-order valence-electron chi connectivity index (χ3n) is 2.33. The molecule has 0 radical (unpaired) electrons. The summed E-state index contributed by atoms with van der Waals surface area (Å²) in [5, 5.41) is 17.8. The largest absolute Gasteiger partial charge is 0.306 e. The number of aromatic nitrogens is 2. The highest BCUT2D eigenvalue weighted by Gasteiger charge is 2.03. The summed E-state index contributed by atoms with van der Waals surface area (Å²) in [5.41, 5.74) is 1.52. The van der Waals surface area contributed by atoms with Crippen LogP contribution in [0.2, 0.25) is 5.02 Å². The molecular formula is C13H7ClN4. The van der Waals surface area contributed by atoms with Gasteiger partial charge in [0, 0.05) is 23.1 Å². The fraction of sp³-hybridized carbons (Fsp3) is 0. The third kappa shape index (κ3) is 2.40. The van der Waals surface area contributed by atoms with E-state index in [0.717, 1.165) is 5.69 Å². The summed E-state index contributed by atoms with van der Waals surface area (Å²) in [5.74, 6) is 0. The Balaban J connectivity index is 2.42. The van der Waals surface area contributed by atoms with E-state index >= 15 is 0 Å². The third-order valence-corrected chi connectivity index (χ3v) is 2.65. The first kappa shape index (κ1) is 11.9. The lowest BCUT2D eigenvalue weighted by Crippen LogP contribution is -1.90. The van der Waals surface area contributed by atoms with E-state index in [1.807, 2.05) is 10.6 Å². The Morgan fingerprint density at radius 1 is 1.33 bits per heavy atom. The molecule has 4 nitrogen and oxygen atoms in total. The zero-order valence-electron chi connectivity index (χ0n) is 9.21. The molecule has 0 aliphatic carbocycles. The summed E-state index contributed by atoms with van der Waals surface area (Å²) < 4.78 is 1.81. The molecule has 86 valence electrons. The van der Waals surface area contributed by atoms with Crippen LogP contribution in [-0.2, 0) is 0 Å². The molecule has 0 N–H and O–H groups in total. The molecule has 0 aliphatic heterocycles. The van der Waals surface area contributed by atoms with Gasteiger partial charge in [0.25, 0.3) is 0 Å². The molecule has 0 saturated carbocycles. The molecule has 0 saturated heterocycles. The van der Waals surface area contributed by atoms with Gasteiger partial charge < -0.3 is 4.57 Å². The Morgan fingerprint density at radius 3 is 2.67 bits per heavy atom. The smallest absolute Gasteiger partial charge is 0.130 e. The Labute approximate surface area is 109 Å². The predicted octanol–water partition coefficient (Wildman–Crippen LogP) is 2.96. The summed E-state index contributed by atoms with van der Waals surface area (Å²) >= 11 is 6.11. The number of imidazole rings is 1. The van der Waals surface area contributed by atoms with E-state index < -0.39 is 0 Å². The van der Waals surface area contributed by atoms with Gasteiger partial charge >= 0.3 is 0 Å². The van der Waals surface area contributed by atoms with Crippen molar-refractivity contribution in [3.63, 3.8) is 0 Å². The van der Waals surface area contributed by atoms with E-state index in [-0.39, 0.29) is 5.57 Å². The van der Waals surface area contributed by atoms with Crippen LogP contribution in [0.4, 0.5) is 0 Å². The fourth-order valence-corrected chi connectivity index (χ4v) is 1.68. The fourth-order valence-electron chi connectivity index (χ4n) is 1.45. The zero-order chi connectivity index (χ0) is 13.0. The second-order valence-corrected chi connectivity index (χ2v) is 3.86. The maximum Gasteiger partial charge on any atom is 0.130 e. The molecule has 0 spiro atoms. The topological polar surface area (TPSA) is 65.4 Å². The van der Waals surface area contributed by atoms with Gasteiger partial charge in [0.1, 0.15) is 17.7 Å². The van der Waals surface area contributed by atoms with Gasteiger partial charge in [0.05, 0.1) is 6.33 Å². The molecule has 2 rings (SSSR count). The highest BCUT2D eigenvalue weighted by Crippen LogP contribution is 2.22.